The van der Waals surface area contributed by atoms with Gasteiger partial charge in [0, 0.05) is 24.5 Å². The van der Waals surface area contributed by atoms with Crippen molar-refractivity contribution in [1.82, 2.24) is 19.5 Å². The van der Waals surface area contributed by atoms with Crippen LogP contribution in [0.2, 0.25) is 0 Å². The number of rotatable bonds is 10. The Balaban J connectivity index is 1.73. The summed E-state index contributed by atoms with van der Waals surface area (Å²) in [6.45, 7) is 4.94. The second kappa shape index (κ2) is 10.5. The van der Waals surface area contributed by atoms with E-state index in [0.717, 1.165) is 17.1 Å². The normalized spacial score (nSPS) is 12.3. The molecule has 1 atom stereocenters. The number of aromatic nitrogens is 3. The van der Waals surface area contributed by atoms with E-state index in [1.54, 1.807) is 10.7 Å². The number of anilines is 3. The van der Waals surface area contributed by atoms with Gasteiger partial charge >= 0.3 is 0 Å². The molecule has 1 amide bonds. The molecule has 168 valence electrons. The van der Waals surface area contributed by atoms with E-state index in [1.807, 2.05) is 63.2 Å². The van der Waals surface area contributed by atoms with Gasteiger partial charge in [-0.1, -0.05) is 26.0 Å². The van der Waals surface area contributed by atoms with Crippen LogP contribution in [0.15, 0.2) is 36.5 Å². The molecule has 4 N–H and O–H groups in total. The topological polar surface area (TPSA) is 107 Å². The van der Waals surface area contributed by atoms with Crippen molar-refractivity contribution in [2.24, 2.45) is 5.92 Å². The molecular formula is C22H30BN7O2. The van der Waals surface area contributed by atoms with Crippen LogP contribution in [0.3, 0.4) is 0 Å². The number of carbonyl (C=O) groups excluding carboxylic acids is 1. The maximum Gasteiger partial charge on any atom is 0.238 e. The molecule has 1 aromatic carbocycles. The van der Waals surface area contributed by atoms with Crippen molar-refractivity contribution in [3.8, 4) is 0 Å². The molecule has 0 aliphatic heterocycles. The smallest absolute Gasteiger partial charge is 0.238 e. The molecule has 3 aromatic rings. The summed E-state index contributed by atoms with van der Waals surface area (Å²) in [6.07, 6.45) is 1.56. The summed E-state index contributed by atoms with van der Waals surface area (Å²) < 4.78 is 1.65. The highest BCUT2D eigenvalue weighted by Gasteiger charge is 2.15. The molecule has 0 aliphatic carbocycles. The van der Waals surface area contributed by atoms with Crippen molar-refractivity contribution in [3.05, 3.63) is 42.1 Å². The van der Waals surface area contributed by atoms with Crippen molar-refractivity contribution >= 4 is 42.2 Å². The number of nitrogens with one attached hydrogen (secondary N) is 3. The zero-order chi connectivity index (χ0) is 23.3. The molecule has 0 aliphatic rings. The third kappa shape index (κ3) is 5.98. The van der Waals surface area contributed by atoms with E-state index in [2.05, 4.69) is 26.0 Å². The lowest BCUT2D eigenvalue weighted by atomic mass is 10.0. The monoisotopic (exact) mass is 435 g/mol. The quantitative estimate of drug-likeness (QED) is 0.353. The van der Waals surface area contributed by atoms with Crippen molar-refractivity contribution in [1.29, 1.82) is 0 Å². The van der Waals surface area contributed by atoms with Gasteiger partial charge in [0.05, 0.1) is 19.2 Å². The number of carbonyl (C=O) groups is 1. The SMILES string of the molecule is [B]c1cnn2c(NCc3ccc(NC(=O)CN(C)C)cc3)cc(N[C@H](CO)C(C)C)nc12. The second-order valence-electron chi connectivity index (χ2n) is 8.38. The second-order valence-corrected chi connectivity index (χ2v) is 8.38. The van der Waals surface area contributed by atoms with Crippen LogP contribution in [-0.4, -0.2) is 71.6 Å². The van der Waals surface area contributed by atoms with Crippen LogP contribution in [0.5, 0.6) is 0 Å². The van der Waals surface area contributed by atoms with Crippen LogP contribution < -0.4 is 21.4 Å². The van der Waals surface area contributed by atoms with E-state index in [4.69, 9.17) is 7.85 Å². The molecular weight excluding hydrogens is 405 g/mol. The first-order valence-electron chi connectivity index (χ1n) is 10.6. The van der Waals surface area contributed by atoms with Gasteiger partial charge in [-0.05, 0) is 43.2 Å². The lowest BCUT2D eigenvalue weighted by Gasteiger charge is -2.21. The number of hydrogen-bond donors (Lipinski definition) is 4. The number of amides is 1. The largest absolute Gasteiger partial charge is 0.394 e. The van der Waals surface area contributed by atoms with Crippen LogP contribution >= 0.6 is 0 Å². The van der Waals surface area contributed by atoms with E-state index < -0.39 is 0 Å². The van der Waals surface area contributed by atoms with Gasteiger partial charge in [0.2, 0.25) is 5.91 Å². The van der Waals surface area contributed by atoms with Crippen LogP contribution in [0.4, 0.5) is 17.3 Å². The first-order valence-corrected chi connectivity index (χ1v) is 10.6. The summed E-state index contributed by atoms with van der Waals surface area (Å²) in [5, 5.41) is 23.5. The fourth-order valence-corrected chi connectivity index (χ4v) is 3.18. The summed E-state index contributed by atoms with van der Waals surface area (Å²) >= 11 is 0. The zero-order valence-corrected chi connectivity index (χ0v) is 19.0. The molecule has 3 rings (SSSR count). The molecule has 2 aromatic heterocycles. The van der Waals surface area contributed by atoms with Gasteiger partial charge in [-0.15, -0.1) is 0 Å². The fraction of sp³-hybridized carbons (Fsp3) is 0.409. The third-order valence-electron chi connectivity index (χ3n) is 5.00. The summed E-state index contributed by atoms with van der Waals surface area (Å²) in [5.74, 6) is 1.50. The van der Waals surface area contributed by atoms with Gasteiger partial charge in [0.1, 0.15) is 19.5 Å². The number of aliphatic hydroxyl groups excluding tert-OH is 1. The maximum atomic E-state index is 11.9. The molecule has 32 heavy (non-hydrogen) atoms. The van der Waals surface area contributed by atoms with Crippen molar-refractivity contribution in [2.75, 3.05) is 43.2 Å². The average Bonchev–Trinajstić information content (AvgIpc) is 3.11. The first kappa shape index (κ1) is 23.6. The minimum atomic E-state index is -0.128. The fourth-order valence-electron chi connectivity index (χ4n) is 3.18. The van der Waals surface area contributed by atoms with Gasteiger partial charge in [-0.3, -0.25) is 4.79 Å². The van der Waals surface area contributed by atoms with Gasteiger partial charge < -0.3 is 26.0 Å². The Morgan fingerprint density at radius 1 is 1.25 bits per heavy atom. The number of benzene rings is 1. The van der Waals surface area contributed by atoms with E-state index in [0.29, 0.717) is 30.0 Å². The van der Waals surface area contributed by atoms with Crippen LogP contribution in [0, 0.1) is 5.92 Å². The Hall–Kier alpha value is -3.11. The van der Waals surface area contributed by atoms with Crippen molar-refractivity contribution in [2.45, 2.75) is 26.4 Å². The van der Waals surface area contributed by atoms with Crippen LogP contribution in [-0.2, 0) is 11.3 Å². The Kier molecular flexibility index (Phi) is 7.71. The van der Waals surface area contributed by atoms with Crippen LogP contribution in [0.1, 0.15) is 19.4 Å². The summed E-state index contributed by atoms with van der Waals surface area (Å²) in [7, 11) is 9.75. The molecule has 10 heteroatoms. The van der Waals surface area contributed by atoms with E-state index in [9.17, 15) is 9.90 Å². The van der Waals surface area contributed by atoms with Gasteiger partial charge in [-0.2, -0.15) is 9.61 Å². The Labute approximate surface area is 189 Å². The molecule has 0 bridgehead atoms. The van der Waals surface area contributed by atoms with E-state index in [1.165, 1.54) is 0 Å². The lowest BCUT2D eigenvalue weighted by molar-refractivity contribution is -0.116. The predicted molar refractivity (Wildman–Crippen MR) is 129 cm³/mol. The zero-order valence-electron chi connectivity index (χ0n) is 19.0. The maximum absolute atomic E-state index is 11.9. The standard InChI is InChI=1S/C22H30BN7O2/c1-14(2)18(13-31)27-19-9-20(30-22(28-19)17(23)11-25-30)24-10-15-5-7-16(8-6-15)26-21(32)12-29(3)4/h5-9,11,14,18,24,31H,10,12-13H2,1-4H3,(H,26,32)(H,27,28)/t18-/m1/s1. The van der Waals surface area contributed by atoms with Gasteiger partial charge in [0.15, 0.2) is 5.65 Å². The molecule has 0 fully saturated rings. The predicted octanol–water partition coefficient (Wildman–Crippen LogP) is 1.06. The number of aliphatic hydroxyl groups is 1. The van der Waals surface area contributed by atoms with Crippen LogP contribution in [0.25, 0.3) is 5.65 Å². The van der Waals surface area contributed by atoms with E-state index >= 15 is 0 Å². The van der Waals surface area contributed by atoms with Crippen molar-refractivity contribution in [3.63, 3.8) is 0 Å². The summed E-state index contributed by atoms with van der Waals surface area (Å²) in [4.78, 5) is 18.3. The molecule has 0 spiro atoms. The molecule has 0 saturated heterocycles. The number of nitrogens with zero attached hydrogens (tertiary/aromatic N) is 4. The molecule has 0 saturated carbocycles. The Morgan fingerprint density at radius 2 is 1.97 bits per heavy atom. The Morgan fingerprint density at radius 3 is 2.59 bits per heavy atom. The Bertz CT molecular complexity index is 1050. The lowest BCUT2D eigenvalue weighted by Crippen LogP contribution is -2.30. The molecule has 2 heterocycles. The number of hydrogen-bond acceptors (Lipinski definition) is 7. The third-order valence-corrected chi connectivity index (χ3v) is 5.00. The molecule has 2 radical (unpaired) electrons. The number of fused-ring (bicyclic) bond motifs is 1. The number of likely N-dealkylation sites (N-methyl/N-ethyl adjacent to an activating group) is 1. The van der Waals surface area contributed by atoms with Gasteiger partial charge in [-0.25, -0.2) is 4.98 Å². The highest BCUT2D eigenvalue weighted by molar-refractivity contribution is 6.36. The van der Waals surface area contributed by atoms with Gasteiger partial charge in [0.25, 0.3) is 0 Å². The molecule has 9 nitrogen and oxygen atoms in total. The minimum Gasteiger partial charge on any atom is -0.394 e. The van der Waals surface area contributed by atoms with Crippen molar-refractivity contribution < 1.29 is 9.90 Å². The van der Waals surface area contributed by atoms with E-state index in [-0.39, 0.29) is 24.5 Å². The summed E-state index contributed by atoms with van der Waals surface area (Å²) in [5.41, 5.74) is 2.80. The highest BCUT2D eigenvalue weighted by Crippen LogP contribution is 2.19. The minimum absolute atomic E-state index is 0.000533. The molecule has 0 unspecified atom stereocenters. The highest BCUT2D eigenvalue weighted by atomic mass is 16.3. The average molecular weight is 435 g/mol. The summed E-state index contributed by atoms with van der Waals surface area (Å²) in [6, 6.07) is 9.37. The first-order chi connectivity index (χ1) is 15.3.